The number of carbonyl (C=O) groups is 2. The first-order valence-electron chi connectivity index (χ1n) is 4.22. The maximum absolute atomic E-state index is 10.4. The molecule has 0 radical (unpaired) electrons. The summed E-state index contributed by atoms with van der Waals surface area (Å²) in [6.07, 6.45) is 0. The van der Waals surface area contributed by atoms with Gasteiger partial charge in [0.25, 0.3) is 0 Å². The first-order valence-corrected chi connectivity index (χ1v) is 4.22. The second kappa shape index (κ2) is 10.9. The largest absolute Gasteiger partial charge is 0.480 e. The molecule has 0 aromatic carbocycles. The summed E-state index contributed by atoms with van der Waals surface area (Å²) in [5, 5.41) is 17.0. The lowest BCUT2D eigenvalue weighted by molar-refractivity contribution is -0.141. The molecule has 0 saturated heterocycles. The quantitative estimate of drug-likeness (QED) is 0.674. The lowest BCUT2D eigenvalue weighted by Gasteiger charge is -2.20. The number of nitrogens with zero attached hydrogens (tertiary/aromatic N) is 2. The zero-order valence-corrected chi connectivity index (χ0v) is 10.9. The molecule has 0 bridgehead atoms. The normalized spacial score (nSPS) is 9.50. The van der Waals surface area contributed by atoms with Crippen LogP contribution < -0.4 is 0 Å². The lowest BCUT2D eigenvalue weighted by Crippen LogP contribution is -2.38. The van der Waals surface area contributed by atoms with Crippen molar-refractivity contribution in [2.75, 3.05) is 40.3 Å². The SMILES string of the molecule is CN(C)CCN(CC(=O)O)CC(=O)O.Cl.Cl. The second-order valence-corrected chi connectivity index (χ2v) is 3.30. The van der Waals surface area contributed by atoms with E-state index in [9.17, 15) is 9.59 Å². The van der Waals surface area contributed by atoms with Crippen molar-refractivity contribution in [1.29, 1.82) is 0 Å². The third-order valence-corrected chi connectivity index (χ3v) is 1.58. The van der Waals surface area contributed by atoms with Gasteiger partial charge in [0.05, 0.1) is 13.1 Å². The van der Waals surface area contributed by atoms with E-state index in [1.807, 2.05) is 19.0 Å². The van der Waals surface area contributed by atoms with Crippen molar-refractivity contribution < 1.29 is 19.8 Å². The fourth-order valence-electron chi connectivity index (χ4n) is 0.938. The number of halogens is 2. The van der Waals surface area contributed by atoms with Crippen molar-refractivity contribution in [2.45, 2.75) is 0 Å². The molecule has 0 saturated carbocycles. The molecular weight excluding hydrogens is 259 g/mol. The van der Waals surface area contributed by atoms with E-state index in [-0.39, 0.29) is 37.9 Å². The fourth-order valence-corrected chi connectivity index (χ4v) is 0.938. The van der Waals surface area contributed by atoms with E-state index in [2.05, 4.69) is 0 Å². The summed E-state index contributed by atoms with van der Waals surface area (Å²) in [5.41, 5.74) is 0. The summed E-state index contributed by atoms with van der Waals surface area (Å²) >= 11 is 0. The van der Waals surface area contributed by atoms with Gasteiger partial charge < -0.3 is 15.1 Å². The Labute approximate surface area is 107 Å². The molecule has 0 spiro atoms. The topological polar surface area (TPSA) is 81.1 Å². The van der Waals surface area contributed by atoms with E-state index in [1.54, 1.807) is 0 Å². The number of aliphatic carboxylic acids is 2. The predicted octanol–water partition coefficient (Wildman–Crippen LogP) is -0.137. The number of hydrogen-bond acceptors (Lipinski definition) is 4. The fraction of sp³-hybridized carbons (Fsp3) is 0.750. The highest BCUT2D eigenvalue weighted by Gasteiger charge is 2.12. The van der Waals surface area contributed by atoms with E-state index in [0.717, 1.165) is 0 Å². The lowest BCUT2D eigenvalue weighted by atomic mass is 10.4. The van der Waals surface area contributed by atoms with Gasteiger partial charge in [-0.15, -0.1) is 24.8 Å². The Balaban J connectivity index is -0.000000845. The van der Waals surface area contributed by atoms with Gasteiger partial charge in [-0.25, -0.2) is 0 Å². The molecule has 0 heterocycles. The van der Waals surface area contributed by atoms with Crippen molar-refractivity contribution in [3.05, 3.63) is 0 Å². The van der Waals surface area contributed by atoms with Gasteiger partial charge in [-0.1, -0.05) is 0 Å². The first-order chi connectivity index (χ1) is 6.41. The highest BCUT2D eigenvalue weighted by molar-refractivity contribution is 5.85. The first kappa shape index (κ1) is 20.8. The molecule has 0 aliphatic rings. The minimum Gasteiger partial charge on any atom is -0.480 e. The number of rotatable bonds is 7. The van der Waals surface area contributed by atoms with Crippen molar-refractivity contribution in [2.24, 2.45) is 0 Å². The summed E-state index contributed by atoms with van der Waals surface area (Å²) in [5.74, 6) is -2.02. The molecule has 0 aromatic heterocycles. The van der Waals surface area contributed by atoms with Crippen LogP contribution in [0.25, 0.3) is 0 Å². The van der Waals surface area contributed by atoms with Crippen LogP contribution in [0.15, 0.2) is 0 Å². The third-order valence-electron chi connectivity index (χ3n) is 1.58. The van der Waals surface area contributed by atoms with Crippen LogP contribution in [0.4, 0.5) is 0 Å². The smallest absolute Gasteiger partial charge is 0.317 e. The maximum Gasteiger partial charge on any atom is 0.317 e. The molecule has 0 unspecified atom stereocenters. The summed E-state index contributed by atoms with van der Waals surface area (Å²) in [6, 6.07) is 0. The van der Waals surface area contributed by atoms with Crippen LogP contribution in [-0.2, 0) is 9.59 Å². The van der Waals surface area contributed by atoms with Crippen molar-refractivity contribution in [1.82, 2.24) is 9.80 Å². The van der Waals surface area contributed by atoms with Crippen LogP contribution in [0, 0.1) is 0 Å². The molecule has 0 aromatic rings. The Kier molecular flexibility index (Phi) is 14.2. The molecule has 0 fully saturated rings. The van der Waals surface area contributed by atoms with Gasteiger partial charge >= 0.3 is 11.9 Å². The van der Waals surface area contributed by atoms with E-state index in [4.69, 9.17) is 10.2 Å². The van der Waals surface area contributed by atoms with Crippen molar-refractivity contribution >= 4 is 36.8 Å². The van der Waals surface area contributed by atoms with Crippen LogP contribution in [0.5, 0.6) is 0 Å². The molecule has 0 atom stereocenters. The van der Waals surface area contributed by atoms with E-state index in [0.29, 0.717) is 13.1 Å². The molecular formula is C8H18Cl2N2O4. The van der Waals surface area contributed by atoms with Crippen LogP contribution in [0.2, 0.25) is 0 Å². The van der Waals surface area contributed by atoms with Gasteiger partial charge in [-0.3, -0.25) is 14.5 Å². The van der Waals surface area contributed by atoms with Gasteiger partial charge in [0.2, 0.25) is 0 Å². The van der Waals surface area contributed by atoms with E-state index in [1.165, 1.54) is 4.90 Å². The molecule has 0 rings (SSSR count). The zero-order chi connectivity index (χ0) is 11.1. The van der Waals surface area contributed by atoms with E-state index < -0.39 is 11.9 Å². The number of hydrogen-bond donors (Lipinski definition) is 2. The minimum absolute atomic E-state index is 0. The Morgan fingerprint density at radius 3 is 1.56 bits per heavy atom. The van der Waals surface area contributed by atoms with Gasteiger partial charge in [-0.05, 0) is 14.1 Å². The van der Waals surface area contributed by atoms with Crippen LogP contribution in [-0.4, -0.2) is 72.2 Å². The predicted molar refractivity (Wildman–Crippen MR) is 64.8 cm³/mol. The summed E-state index contributed by atoms with van der Waals surface area (Å²) in [6.45, 7) is 0.604. The Morgan fingerprint density at radius 2 is 1.31 bits per heavy atom. The Hall–Kier alpha value is -0.560. The monoisotopic (exact) mass is 276 g/mol. The molecule has 8 heteroatoms. The molecule has 0 aliphatic heterocycles. The van der Waals surface area contributed by atoms with Gasteiger partial charge in [0.15, 0.2) is 0 Å². The summed E-state index contributed by atoms with van der Waals surface area (Å²) < 4.78 is 0. The Bertz CT molecular complexity index is 198. The van der Waals surface area contributed by atoms with Crippen LogP contribution in [0.1, 0.15) is 0 Å². The van der Waals surface area contributed by atoms with Gasteiger partial charge in [0, 0.05) is 13.1 Å². The molecule has 0 aliphatic carbocycles. The van der Waals surface area contributed by atoms with Crippen LogP contribution in [0.3, 0.4) is 0 Å². The number of carboxylic acid groups (broad SMARTS) is 2. The van der Waals surface area contributed by atoms with Gasteiger partial charge in [-0.2, -0.15) is 0 Å². The van der Waals surface area contributed by atoms with Crippen molar-refractivity contribution in [3.63, 3.8) is 0 Å². The standard InChI is InChI=1S/C8H16N2O4.2ClH/c1-9(2)3-4-10(5-7(11)12)6-8(13)14;;/h3-6H2,1-2H3,(H,11,12)(H,13,14);2*1H. The average Bonchev–Trinajstić information content (AvgIpc) is 1.97. The average molecular weight is 277 g/mol. The third kappa shape index (κ3) is 13.4. The molecule has 0 amide bonds. The summed E-state index contributed by atoms with van der Waals surface area (Å²) in [4.78, 5) is 24.0. The molecule has 98 valence electrons. The van der Waals surface area contributed by atoms with Crippen molar-refractivity contribution in [3.8, 4) is 0 Å². The molecule has 2 N–H and O–H groups in total. The summed E-state index contributed by atoms with van der Waals surface area (Å²) in [7, 11) is 3.69. The maximum atomic E-state index is 10.4. The molecule has 16 heavy (non-hydrogen) atoms. The van der Waals surface area contributed by atoms with Crippen LogP contribution >= 0.6 is 24.8 Å². The highest BCUT2D eigenvalue weighted by Crippen LogP contribution is 1.89. The number of carboxylic acids is 2. The molecule has 6 nitrogen and oxygen atoms in total. The zero-order valence-electron chi connectivity index (χ0n) is 9.25. The Morgan fingerprint density at radius 1 is 0.938 bits per heavy atom. The van der Waals surface area contributed by atoms with E-state index >= 15 is 0 Å². The number of likely N-dealkylation sites (N-methyl/N-ethyl adjacent to an activating group) is 1. The minimum atomic E-state index is -1.01. The second-order valence-electron chi connectivity index (χ2n) is 3.30. The highest BCUT2D eigenvalue weighted by atomic mass is 35.5. The van der Waals surface area contributed by atoms with Gasteiger partial charge in [0.1, 0.15) is 0 Å².